The van der Waals surface area contributed by atoms with E-state index in [0.717, 1.165) is 4.96 Å². The molecule has 3 aromatic rings. The van der Waals surface area contributed by atoms with Crippen LogP contribution in [0.3, 0.4) is 0 Å². The van der Waals surface area contributed by atoms with Crippen molar-refractivity contribution in [2.45, 2.75) is 10.6 Å². The molecular formula is C12H11N3O2S2. The van der Waals surface area contributed by atoms with Gasteiger partial charge in [0.15, 0.2) is 14.8 Å². The summed E-state index contributed by atoms with van der Waals surface area (Å²) in [4.78, 5) is 5.29. The van der Waals surface area contributed by atoms with Crippen LogP contribution in [0.15, 0.2) is 46.9 Å². The molecule has 0 saturated carbocycles. The Morgan fingerprint density at radius 2 is 2.21 bits per heavy atom. The van der Waals surface area contributed by atoms with Gasteiger partial charge in [0.25, 0.3) is 0 Å². The molecule has 0 aliphatic rings. The first-order chi connectivity index (χ1) is 9.04. The Labute approximate surface area is 114 Å². The normalized spacial score (nSPS) is 12.0. The number of hydrogen-bond donors (Lipinski definition) is 1. The molecule has 2 N–H and O–H groups in total. The molecule has 1 aromatic carbocycles. The van der Waals surface area contributed by atoms with Crippen LogP contribution in [-0.4, -0.2) is 17.8 Å². The molecule has 3 rings (SSSR count). The number of rotatable bonds is 3. The first-order valence-corrected chi connectivity index (χ1v) is 8.07. The molecule has 0 atom stereocenters. The van der Waals surface area contributed by atoms with E-state index in [4.69, 9.17) is 5.73 Å². The summed E-state index contributed by atoms with van der Waals surface area (Å²) in [6, 6.07) is 6.30. The van der Waals surface area contributed by atoms with Crippen LogP contribution in [0.1, 0.15) is 5.69 Å². The van der Waals surface area contributed by atoms with Crippen molar-refractivity contribution in [2.75, 3.05) is 5.73 Å². The van der Waals surface area contributed by atoms with Crippen LogP contribution in [0.4, 0.5) is 5.69 Å². The third kappa shape index (κ3) is 2.34. The second-order valence-electron chi connectivity index (χ2n) is 4.16. The number of benzene rings is 1. The molecule has 0 radical (unpaired) electrons. The average molecular weight is 293 g/mol. The van der Waals surface area contributed by atoms with E-state index in [9.17, 15) is 8.42 Å². The second kappa shape index (κ2) is 4.36. The molecule has 0 unspecified atom stereocenters. The lowest BCUT2D eigenvalue weighted by atomic mass is 10.3. The monoisotopic (exact) mass is 293 g/mol. The summed E-state index contributed by atoms with van der Waals surface area (Å²) in [5.74, 6) is -0.120. The molecule has 7 heteroatoms. The van der Waals surface area contributed by atoms with Crippen LogP contribution in [0, 0.1) is 0 Å². The Morgan fingerprint density at radius 1 is 1.37 bits per heavy atom. The van der Waals surface area contributed by atoms with Crippen LogP contribution in [-0.2, 0) is 15.6 Å². The van der Waals surface area contributed by atoms with Crippen molar-refractivity contribution < 1.29 is 8.42 Å². The van der Waals surface area contributed by atoms with Gasteiger partial charge in [0.05, 0.1) is 16.3 Å². The van der Waals surface area contributed by atoms with Gasteiger partial charge in [-0.25, -0.2) is 13.4 Å². The number of aromatic nitrogens is 2. The highest BCUT2D eigenvalue weighted by molar-refractivity contribution is 7.90. The van der Waals surface area contributed by atoms with E-state index in [0.29, 0.717) is 11.4 Å². The molecule has 5 nitrogen and oxygen atoms in total. The minimum Gasteiger partial charge on any atom is -0.399 e. The van der Waals surface area contributed by atoms with Crippen molar-refractivity contribution in [3.8, 4) is 0 Å². The molecule has 19 heavy (non-hydrogen) atoms. The van der Waals surface area contributed by atoms with Crippen LogP contribution < -0.4 is 5.73 Å². The Morgan fingerprint density at radius 3 is 2.95 bits per heavy atom. The molecule has 0 aliphatic heterocycles. The van der Waals surface area contributed by atoms with Gasteiger partial charge in [-0.15, -0.1) is 11.3 Å². The quantitative estimate of drug-likeness (QED) is 0.749. The van der Waals surface area contributed by atoms with Gasteiger partial charge in [0.2, 0.25) is 0 Å². The molecule has 0 amide bonds. The van der Waals surface area contributed by atoms with Crippen LogP contribution in [0.2, 0.25) is 0 Å². The predicted octanol–water partition coefficient (Wildman–Crippen LogP) is 1.95. The van der Waals surface area contributed by atoms with E-state index in [1.54, 1.807) is 24.4 Å². The maximum atomic E-state index is 12.3. The third-order valence-corrected chi connectivity index (χ3v) is 5.12. The van der Waals surface area contributed by atoms with Gasteiger partial charge in [0, 0.05) is 23.5 Å². The number of nitrogens with zero attached hydrogens (tertiary/aromatic N) is 2. The SMILES string of the molecule is Nc1cccc(S(=O)(=O)Cc2cn3ccsc3n2)c1. The molecule has 0 fully saturated rings. The summed E-state index contributed by atoms with van der Waals surface area (Å²) < 4.78 is 26.3. The number of imidazole rings is 1. The zero-order chi connectivity index (χ0) is 13.5. The Balaban J connectivity index is 1.95. The smallest absolute Gasteiger partial charge is 0.193 e. The van der Waals surface area contributed by atoms with Crippen molar-refractivity contribution in [3.63, 3.8) is 0 Å². The van der Waals surface area contributed by atoms with Crippen molar-refractivity contribution in [1.82, 2.24) is 9.38 Å². The highest BCUT2D eigenvalue weighted by Crippen LogP contribution is 2.19. The Hall–Kier alpha value is -1.86. The maximum absolute atomic E-state index is 12.3. The first kappa shape index (κ1) is 12.2. The van der Waals surface area contributed by atoms with E-state index in [2.05, 4.69) is 4.98 Å². The van der Waals surface area contributed by atoms with Crippen molar-refractivity contribution in [2.24, 2.45) is 0 Å². The topological polar surface area (TPSA) is 77.5 Å². The average Bonchev–Trinajstić information content (AvgIpc) is 2.89. The van der Waals surface area contributed by atoms with E-state index in [-0.39, 0.29) is 10.6 Å². The number of hydrogen-bond acceptors (Lipinski definition) is 5. The molecular weight excluding hydrogens is 282 g/mol. The van der Waals surface area contributed by atoms with Gasteiger partial charge in [-0.05, 0) is 18.2 Å². The van der Waals surface area contributed by atoms with Gasteiger partial charge in [-0.2, -0.15) is 0 Å². The number of nitrogen functional groups attached to an aromatic ring is 1. The lowest BCUT2D eigenvalue weighted by Crippen LogP contribution is -2.05. The van der Waals surface area contributed by atoms with Crippen LogP contribution in [0.25, 0.3) is 4.96 Å². The molecule has 0 aliphatic carbocycles. The first-order valence-electron chi connectivity index (χ1n) is 5.54. The molecule has 0 saturated heterocycles. The minimum atomic E-state index is -3.41. The standard InChI is InChI=1S/C12H11N3O2S2/c13-9-2-1-3-11(6-9)19(16,17)8-10-7-15-4-5-18-12(15)14-10/h1-7H,8,13H2. The Bertz CT molecular complexity index is 805. The third-order valence-electron chi connectivity index (χ3n) is 2.70. The lowest BCUT2D eigenvalue weighted by molar-refractivity contribution is 0.595. The van der Waals surface area contributed by atoms with E-state index in [1.165, 1.54) is 17.4 Å². The second-order valence-corrected chi connectivity index (χ2v) is 7.02. The maximum Gasteiger partial charge on any atom is 0.193 e. The highest BCUT2D eigenvalue weighted by Gasteiger charge is 2.17. The largest absolute Gasteiger partial charge is 0.399 e. The van der Waals surface area contributed by atoms with Gasteiger partial charge in [-0.3, -0.25) is 4.40 Å². The van der Waals surface area contributed by atoms with Crippen LogP contribution >= 0.6 is 11.3 Å². The minimum absolute atomic E-state index is 0.120. The fraction of sp³-hybridized carbons (Fsp3) is 0.0833. The zero-order valence-electron chi connectivity index (χ0n) is 9.85. The molecule has 98 valence electrons. The van der Waals surface area contributed by atoms with Crippen molar-refractivity contribution in [1.29, 1.82) is 0 Å². The number of anilines is 1. The number of nitrogens with two attached hydrogens (primary N) is 1. The van der Waals surface area contributed by atoms with Crippen molar-refractivity contribution in [3.05, 3.63) is 47.7 Å². The highest BCUT2D eigenvalue weighted by atomic mass is 32.2. The summed E-state index contributed by atoms with van der Waals surface area (Å²) in [5, 5.41) is 1.90. The summed E-state index contributed by atoms with van der Waals surface area (Å²) in [6.07, 6.45) is 3.58. The fourth-order valence-corrected chi connectivity index (χ4v) is 3.85. The van der Waals surface area contributed by atoms with E-state index in [1.807, 2.05) is 16.0 Å². The molecule has 2 heterocycles. The van der Waals surface area contributed by atoms with Gasteiger partial charge in [-0.1, -0.05) is 6.07 Å². The van der Waals surface area contributed by atoms with Crippen molar-refractivity contribution >= 4 is 31.8 Å². The predicted molar refractivity (Wildman–Crippen MR) is 74.8 cm³/mol. The van der Waals surface area contributed by atoms with Crippen LogP contribution in [0.5, 0.6) is 0 Å². The number of sulfone groups is 1. The van der Waals surface area contributed by atoms with Gasteiger partial charge in [0.1, 0.15) is 0 Å². The van der Waals surface area contributed by atoms with E-state index >= 15 is 0 Å². The zero-order valence-corrected chi connectivity index (χ0v) is 11.5. The molecule has 2 aromatic heterocycles. The van der Waals surface area contributed by atoms with E-state index < -0.39 is 9.84 Å². The number of fused-ring (bicyclic) bond motifs is 1. The van der Waals surface area contributed by atoms with Gasteiger partial charge >= 0.3 is 0 Å². The fourth-order valence-electron chi connectivity index (χ4n) is 1.83. The summed E-state index contributed by atoms with van der Waals surface area (Å²) >= 11 is 1.47. The number of thiazole rings is 1. The lowest BCUT2D eigenvalue weighted by Gasteiger charge is -2.03. The Kier molecular flexibility index (Phi) is 2.79. The van der Waals surface area contributed by atoms with Gasteiger partial charge < -0.3 is 5.73 Å². The summed E-state index contributed by atoms with van der Waals surface area (Å²) in [6.45, 7) is 0. The summed E-state index contributed by atoms with van der Waals surface area (Å²) in [7, 11) is -3.41. The summed E-state index contributed by atoms with van der Waals surface area (Å²) in [5.41, 5.74) is 6.58. The molecule has 0 bridgehead atoms. The molecule has 0 spiro atoms.